The fraction of sp³-hybridized carbons (Fsp3) is 0.556. The first-order valence-corrected chi connectivity index (χ1v) is 8.28. The molecule has 1 amide bonds. The summed E-state index contributed by atoms with van der Waals surface area (Å²) in [6, 6.07) is 6.01. The third-order valence-corrected chi connectivity index (χ3v) is 4.75. The van der Waals surface area contributed by atoms with Crippen LogP contribution in [0.5, 0.6) is 0 Å². The molecule has 0 aliphatic heterocycles. The smallest absolute Gasteiger partial charge is 0.310 e. The third-order valence-electron chi connectivity index (χ3n) is 4.75. The number of amides is 1. The third kappa shape index (κ3) is 4.77. The van der Waals surface area contributed by atoms with Crippen LogP contribution < -0.4 is 10.6 Å². The highest BCUT2D eigenvalue weighted by molar-refractivity contribution is 5.78. The number of benzene rings is 1. The predicted octanol–water partition coefficient (Wildman–Crippen LogP) is 2.15. The van der Waals surface area contributed by atoms with Gasteiger partial charge in [-0.1, -0.05) is 25.0 Å². The molecule has 1 aliphatic carbocycles. The lowest BCUT2D eigenvalue weighted by Crippen LogP contribution is -2.55. The number of ether oxygens (including phenoxy) is 1. The first kappa shape index (κ1) is 18.4. The van der Waals surface area contributed by atoms with Gasteiger partial charge in [-0.25, -0.2) is 4.39 Å². The van der Waals surface area contributed by atoms with E-state index >= 15 is 0 Å². The van der Waals surface area contributed by atoms with Crippen LogP contribution >= 0.6 is 0 Å². The topological polar surface area (TPSA) is 67.4 Å². The lowest BCUT2D eigenvalue weighted by atomic mass is 9.74. The van der Waals surface area contributed by atoms with Crippen LogP contribution in [0.25, 0.3) is 0 Å². The molecular formula is C18H25FN2O3. The van der Waals surface area contributed by atoms with Gasteiger partial charge in [-0.15, -0.1) is 0 Å². The van der Waals surface area contributed by atoms with Crippen molar-refractivity contribution in [3.63, 3.8) is 0 Å². The molecule has 0 heterocycles. The van der Waals surface area contributed by atoms with Crippen molar-refractivity contribution in [3.05, 3.63) is 35.6 Å². The van der Waals surface area contributed by atoms with Gasteiger partial charge in [0.05, 0.1) is 19.6 Å². The predicted molar refractivity (Wildman–Crippen MR) is 88.6 cm³/mol. The van der Waals surface area contributed by atoms with E-state index < -0.39 is 5.54 Å². The van der Waals surface area contributed by atoms with Gasteiger partial charge < -0.3 is 15.4 Å². The van der Waals surface area contributed by atoms with Gasteiger partial charge in [0.2, 0.25) is 5.91 Å². The van der Waals surface area contributed by atoms with Crippen molar-refractivity contribution >= 4 is 11.9 Å². The van der Waals surface area contributed by atoms with Gasteiger partial charge in [0.15, 0.2) is 0 Å². The summed E-state index contributed by atoms with van der Waals surface area (Å²) in [5, 5.41) is 6.03. The lowest BCUT2D eigenvalue weighted by molar-refractivity contribution is -0.150. The Hall–Kier alpha value is -1.95. The molecule has 1 aromatic rings. The van der Waals surface area contributed by atoms with Crippen LogP contribution in [0, 0.1) is 11.7 Å². The van der Waals surface area contributed by atoms with Crippen LogP contribution in [-0.2, 0) is 20.9 Å². The van der Waals surface area contributed by atoms with E-state index in [-0.39, 0.29) is 30.2 Å². The largest absolute Gasteiger partial charge is 0.469 e. The molecule has 5 nitrogen and oxygen atoms in total. The van der Waals surface area contributed by atoms with E-state index in [9.17, 15) is 14.0 Å². The summed E-state index contributed by atoms with van der Waals surface area (Å²) in [4.78, 5) is 24.0. The Labute approximate surface area is 142 Å². The number of esters is 1. The zero-order valence-electron chi connectivity index (χ0n) is 14.2. The van der Waals surface area contributed by atoms with E-state index in [1.54, 1.807) is 12.1 Å². The van der Waals surface area contributed by atoms with Crippen molar-refractivity contribution in [2.45, 2.75) is 44.7 Å². The molecule has 2 N–H and O–H groups in total. The second-order valence-corrected chi connectivity index (χ2v) is 6.50. The average molecular weight is 336 g/mol. The maximum Gasteiger partial charge on any atom is 0.310 e. The number of rotatable bonds is 6. The molecule has 24 heavy (non-hydrogen) atoms. The monoisotopic (exact) mass is 336 g/mol. The summed E-state index contributed by atoms with van der Waals surface area (Å²) in [5.41, 5.74) is 0.402. The Kier molecular flexibility index (Phi) is 6.31. The Morgan fingerprint density at radius 2 is 2.00 bits per heavy atom. The van der Waals surface area contributed by atoms with E-state index in [0.717, 1.165) is 31.2 Å². The minimum absolute atomic E-state index is 0.130. The normalized spacial score (nSPS) is 23.5. The molecule has 132 valence electrons. The zero-order valence-corrected chi connectivity index (χ0v) is 14.2. The van der Waals surface area contributed by atoms with Crippen LogP contribution in [0.1, 0.15) is 38.2 Å². The number of carbonyl (C=O) groups excluding carboxylic acids is 2. The number of nitrogens with one attached hydrogen (secondary N) is 2. The highest BCUT2D eigenvalue weighted by atomic mass is 19.1. The van der Waals surface area contributed by atoms with Crippen LogP contribution in [0.4, 0.5) is 4.39 Å². The van der Waals surface area contributed by atoms with Gasteiger partial charge in [-0.3, -0.25) is 9.59 Å². The van der Waals surface area contributed by atoms with Gasteiger partial charge in [0.25, 0.3) is 0 Å². The Balaban J connectivity index is 1.84. The van der Waals surface area contributed by atoms with Crippen molar-refractivity contribution in [2.24, 2.45) is 5.92 Å². The number of hydrogen-bond acceptors (Lipinski definition) is 4. The van der Waals surface area contributed by atoms with Crippen molar-refractivity contribution in [2.75, 3.05) is 13.7 Å². The lowest BCUT2D eigenvalue weighted by Gasteiger charge is -2.40. The standard InChI is InChI=1S/C18H25FN2O3/c1-18(10-4-3-5-15(18)17(23)24-2)21-12-16(22)20-11-13-6-8-14(19)9-7-13/h6-9,15,21H,3-5,10-12H2,1-2H3,(H,20,22). The molecule has 0 saturated heterocycles. The van der Waals surface area contributed by atoms with E-state index in [0.29, 0.717) is 6.54 Å². The van der Waals surface area contributed by atoms with Crippen molar-refractivity contribution in [1.29, 1.82) is 0 Å². The van der Waals surface area contributed by atoms with Crippen molar-refractivity contribution < 1.29 is 18.7 Å². The van der Waals surface area contributed by atoms with Crippen molar-refractivity contribution in [3.8, 4) is 0 Å². The highest BCUT2D eigenvalue weighted by Crippen LogP contribution is 2.34. The van der Waals surface area contributed by atoms with Crippen LogP contribution in [0.2, 0.25) is 0 Å². The van der Waals surface area contributed by atoms with E-state index in [4.69, 9.17) is 4.74 Å². The summed E-state index contributed by atoms with van der Waals surface area (Å²) < 4.78 is 17.7. The summed E-state index contributed by atoms with van der Waals surface area (Å²) >= 11 is 0. The molecule has 1 aliphatic rings. The van der Waals surface area contributed by atoms with Gasteiger partial charge >= 0.3 is 5.97 Å². The minimum atomic E-state index is -0.432. The fourth-order valence-electron chi connectivity index (χ4n) is 3.21. The fourth-order valence-corrected chi connectivity index (χ4v) is 3.21. The van der Waals surface area contributed by atoms with E-state index in [2.05, 4.69) is 10.6 Å². The SMILES string of the molecule is COC(=O)C1CCCCC1(C)NCC(=O)NCc1ccc(F)cc1. The average Bonchev–Trinajstić information content (AvgIpc) is 2.59. The van der Waals surface area contributed by atoms with E-state index in [1.165, 1.54) is 19.2 Å². The molecule has 1 saturated carbocycles. The molecule has 0 aromatic heterocycles. The first-order chi connectivity index (χ1) is 11.4. The van der Waals surface area contributed by atoms with Crippen molar-refractivity contribution in [1.82, 2.24) is 10.6 Å². The second kappa shape index (κ2) is 8.24. The number of carbonyl (C=O) groups is 2. The molecule has 1 fully saturated rings. The summed E-state index contributed by atoms with van der Waals surface area (Å²) in [6.45, 7) is 2.45. The van der Waals surface area contributed by atoms with E-state index in [1.807, 2.05) is 6.92 Å². The summed E-state index contributed by atoms with van der Waals surface area (Å²) in [7, 11) is 1.40. The maximum absolute atomic E-state index is 12.9. The summed E-state index contributed by atoms with van der Waals surface area (Å²) in [5.74, 6) is -0.918. The molecule has 0 bridgehead atoms. The molecular weight excluding hydrogens is 311 g/mol. The van der Waals surface area contributed by atoms with Gasteiger partial charge in [-0.05, 0) is 37.5 Å². The number of halogens is 1. The second-order valence-electron chi connectivity index (χ2n) is 6.50. The summed E-state index contributed by atoms with van der Waals surface area (Å²) in [6.07, 6.45) is 3.62. The molecule has 1 aromatic carbocycles. The maximum atomic E-state index is 12.9. The molecule has 2 rings (SSSR count). The quantitative estimate of drug-likeness (QED) is 0.781. The minimum Gasteiger partial charge on any atom is -0.469 e. The Bertz CT molecular complexity index is 576. The van der Waals surface area contributed by atoms with Crippen LogP contribution in [0.3, 0.4) is 0 Å². The van der Waals surface area contributed by atoms with Crippen LogP contribution in [-0.4, -0.2) is 31.1 Å². The molecule has 2 atom stereocenters. The number of methoxy groups -OCH3 is 1. The van der Waals surface area contributed by atoms with Crippen LogP contribution in [0.15, 0.2) is 24.3 Å². The van der Waals surface area contributed by atoms with Gasteiger partial charge in [0.1, 0.15) is 5.82 Å². The molecule has 6 heteroatoms. The Morgan fingerprint density at radius 3 is 2.67 bits per heavy atom. The highest BCUT2D eigenvalue weighted by Gasteiger charge is 2.41. The Morgan fingerprint density at radius 1 is 1.29 bits per heavy atom. The zero-order chi connectivity index (χ0) is 17.6. The molecule has 2 unspecified atom stereocenters. The van der Waals surface area contributed by atoms with Gasteiger partial charge in [0, 0.05) is 12.1 Å². The van der Waals surface area contributed by atoms with Gasteiger partial charge in [-0.2, -0.15) is 0 Å². The first-order valence-electron chi connectivity index (χ1n) is 8.28. The molecule has 0 radical (unpaired) electrons. The molecule has 0 spiro atoms. The number of hydrogen-bond donors (Lipinski definition) is 2.